The number of rotatable bonds is 8. The Hall–Kier alpha value is -4.00. The van der Waals surface area contributed by atoms with Gasteiger partial charge in [0.05, 0.1) is 10.6 Å². The van der Waals surface area contributed by atoms with Crippen molar-refractivity contribution in [3.05, 3.63) is 106 Å². The number of nitrogens with zero attached hydrogens (tertiary/aromatic N) is 2. The number of carbonyl (C=O) groups excluding carboxylic acids is 1. The van der Waals surface area contributed by atoms with Crippen LogP contribution in [0.25, 0.3) is 6.08 Å². The Morgan fingerprint density at radius 3 is 2.41 bits per heavy atom. The molecule has 2 aromatic carbocycles. The van der Waals surface area contributed by atoms with Gasteiger partial charge in [-0.2, -0.15) is 0 Å². The van der Waals surface area contributed by atoms with Crippen molar-refractivity contribution in [3.63, 3.8) is 0 Å². The predicted molar refractivity (Wildman–Crippen MR) is 107 cm³/mol. The average Bonchev–Trinajstić information content (AvgIpc) is 2.76. The zero-order valence-electron chi connectivity index (χ0n) is 15.4. The van der Waals surface area contributed by atoms with Crippen molar-refractivity contribution in [3.8, 4) is 5.75 Å². The van der Waals surface area contributed by atoms with E-state index in [1.807, 2.05) is 42.5 Å². The van der Waals surface area contributed by atoms with Crippen molar-refractivity contribution < 1.29 is 19.2 Å². The van der Waals surface area contributed by atoms with Gasteiger partial charge in [-0.1, -0.05) is 18.2 Å². The van der Waals surface area contributed by atoms with Crippen LogP contribution in [0.4, 0.5) is 5.69 Å². The Balaban J connectivity index is 1.46. The molecule has 0 atom stereocenters. The smallest absolute Gasteiger partial charge is 0.331 e. The summed E-state index contributed by atoms with van der Waals surface area (Å²) in [6.07, 6.45) is 4.68. The van der Waals surface area contributed by atoms with Crippen LogP contribution in [0.3, 0.4) is 0 Å². The van der Waals surface area contributed by atoms with Crippen LogP contribution in [-0.2, 0) is 22.7 Å². The zero-order valence-corrected chi connectivity index (χ0v) is 15.4. The summed E-state index contributed by atoms with van der Waals surface area (Å²) in [5.74, 6) is 0.201. The number of aromatic nitrogens is 1. The fourth-order valence-electron chi connectivity index (χ4n) is 2.40. The van der Waals surface area contributed by atoms with Gasteiger partial charge in [0.15, 0.2) is 0 Å². The Morgan fingerprint density at radius 1 is 1.00 bits per heavy atom. The number of carbonyl (C=O) groups is 1. The van der Waals surface area contributed by atoms with Gasteiger partial charge in [0.2, 0.25) is 0 Å². The number of ether oxygens (including phenoxy) is 2. The summed E-state index contributed by atoms with van der Waals surface area (Å²) in [7, 11) is 0. The standard InChI is InChI=1S/C22H18N2O5/c25-22(29-15-18-4-9-20(10-5-18)24(26)27)13-8-17-6-11-21(12-7-17)28-16-19-3-1-2-14-23-19/h1-14H,15-16H2. The first kappa shape index (κ1) is 19.8. The van der Waals surface area contributed by atoms with Crippen molar-refractivity contribution >= 4 is 17.7 Å². The van der Waals surface area contributed by atoms with Crippen LogP contribution in [0.1, 0.15) is 16.8 Å². The Kier molecular flexibility index (Phi) is 6.67. The van der Waals surface area contributed by atoms with Crippen LogP contribution >= 0.6 is 0 Å². The largest absolute Gasteiger partial charge is 0.487 e. The number of nitro groups is 1. The molecule has 0 bridgehead atoms. The summed E-state index contributed by atoms with van der Waals surface area (Å²) >= 11 is 0. The van der Waals surface area contributed by atoms with Gasteiger partial charge in [-0.05, 0) is 53.6 Å². The number of nitro benzene ring substituents is 1. The highest BCUT2D eigenvalue weighted by Gasteiger charge is 2.05. The summed E-state index contributed by atoms with van der Waals surface area (Å²) in [5.41, 5.74) is 2.33. The van der Waals surface area contributed by atoms with Gasteiger partial charge in [-0.15, -0.1) is 0 Å². The lowest BCUT2D eigenvalue weighted by molar-refractivity contribution is -0.384. The highest BCUT2D eigenvalue weighted by molar-refractivity contribution is 5.87. The molecule has 0 aliphatic heterocycles. The van der Waals surface area contributed by atoms with E-state index in [-0.39, 0.29) is 12.3 Å². The molecule has 0 spiro atoms. The molecule has 0 unspecified atom stereocenters. The molecule has 0 amide bonds. The molecule has 1 aromatic heterocycles. The van der Waals surface area contributed by atoms with Crippen molar-refractivity contribution in [2.24, 2.45) is 0 Å². The first-order chi connectivity index (χ1) is 14.1. The molecule has 0 saturated carbocycles. The molecule has 146 valence electrons. The first-order valence-electron chi connectivity index (χ1n) is 8.81. The number of pyridine rings is 1. The lowest BCUT2D eigenvalue weighted by Crippen LogP contribution is -2.01. The predicted octanol–water partition coefficient (Wildman–Crippen LogP) is 4.33. The maximum Gasteiger partial charge on any atom is 0.331 e. The lowest BCUT2D eigenvalue weighted by Gasteiger charge is -2.05. The van der Waals surface area contributed by atoms with Crippen LogP contribution in [-0.4, -0.2) is 15.9 Å². The van der Waals surface area contributed by atoms with Gasteiger partial charge in [0, 0.05) is 24.4 Å². The van der Waals surface area contributed by atoms with Crippen LogP contribution in [0, 0.1) is 10.1 Å². The monoisotopic (exact) mass is 390 g/mol. The van der Waals surface area contributed by atoms with Gasteiger partial charge in [0.25, 0.3) is 5.69 Å². The van der Waals surface area contributed by atoms with Crippen LogP contribution in [0.2, 0.25) is 0 Å². The molecule has 0 aliphatic carbocycles. The molecule has 3 aromatic rings. The zero-order chi connectivity index (χ0) is 20.5. The summed E-state index contributed by atoms with van der Waals surface area (Å²) in [6.45, 7) is 0.423. The fraction of sp³-hybridized carbons (Fsp3) is 0.0909. The van der Waals surface area contributed by atoms with Crippen LogP contribution in [0.15, 0.2) is 79.0 Å². The molecular formula is C22H18N2O5. The summed E-state index contributed by atoms with van der Waals surface area (Å²) in [6, 6.07) is 18.8. The quantitative estimate of drug-likeness (QED) is 0.246. The highest BCUT2D eigenvalue weighted by Crippen LogP contribution is 2.15. The number of esters is 1. The topological polar surface area (TPSA) is 91.6 Å². The summed E-state index contributed by atoms with van der Waals surface area (Å²) in [5, 5.41) is 10.6. The minimum atomic E-state index is -0.501. The molecule has 0 fully saturated rings. The van der Waals surface area contributed by atoms with E-state index in [0.717, 1.165) is 11.3 Å². The van der Waals surface area contributed by atoms with E-state index in [4.69, 9.17) is 9.47 Å². The molecule has 7 nitrogen and oxygen atoms in total. The van der Waals surface area contributed by atoms with Gasteiger partial charge in [-0.3, -0.25) is 15.1 Å². The Bertz CT molecular complexity index is 984. The normalized spacial score (nSPS) is 10.6. The van der Waals surface area contributed by atoms with Crippen molar-refractivity contribution in [1.82, 2.24) is 4.98 Å². The second-order valence-corrected chi connectivity index (χ2v) is 6.04. The number of hydrogen-bond acceptors (Lipinski definition) is 6. The van der Waals surface area contributed by atoms with Crippen LogP contribution < -0.4 is 4.74 Å². The molecule has 1 heterocycles. The third kappa shape index (κ3) is 6.28. The maximum atomic E-state index is 11.8. The summed E-state index contributed by atoms with van der Waals surface area (Å²) in [4.78, 5) is 26.2. The third-order valence-corrected chi connectivity index (χ3v) is 3.93. The highest BCUT2D eigenvalue weighted by atomic mass is 16.6. The molecular weight excluding hydrogens is 372 g/mol. The minimum absolute atomic E-state index is 0.00701. The van der Waals surface area contributed by atoms with E-state index in [2.05, 4.69) is 4.98 Å². The van der Waals surface area contributed by atoms with Gasteiger partial charge in [0.1, 0.15) is 19.0 Å². The fourth-order valence-corrected chi connectivity index (χ4v) is 2.40. The summed E-state index contributed by atoms with van der Waals surface area (Å²) < 4.78 is 10.8. The number of hydrogen-bond donors (Lipinski definition) is 0. The second kappa shape index (κ2) is 9.80. The molecule has 3 rings (SSSR count). The van der Waals surface area contributed by atoms with Gasteiger partial charge >= 0.3 is 5.97 Å². The Labute approximate surface area is 167 Å². The number of non-ortho nitro benzene ring substituents is 1. The first-order valence-corrected chi connectivity index (χ1v) is 8.81. The molecule has 0 aliphatic rings. The Morgan fingerprint density at radius 2 is 1.76 bits per heavy atom. The van der Waals surface area contributed by atoms with E-state index in [9.17, 15) is 14.9 Å². The maximum absolute atomic E-state index is 11.8. The third-order valence-electron chi connectivity index (χ3n) is 3.93. The molecule has 29 heavy (non-hydrogen) atoms. The van der Waals surface area contributed by atoms with E-state index < -0.39 is 10.9 Å². The van der Waals surface area contributed by atoms with Crippen molar-refractivity contribution in [2.45, 2.75) is 13.2 Å². The lowest BCUT2D eigenvalue weighted by atomic mass is 10.2. The average molecular weight is 390 g/mol. The van der Waals surface area contributed by atoms with Gasteiger partial charge < -0.3 is 9.47 Å². The minimum Gasteiger partial charge on any atom is -0.487 e. The van der Waals surface area contributed by atoms with Crippen molar-refractivity contribution in [1.29, 1.82) is 0 Å². The second-order valence-electron chi connectivity index (χ2n) is 6.04. The van der Waals surface area contributed by atoms with E-state index in [0.29, 0.717) is 17.9 Å². The molecule has 0 N–H and O–H groups in total. The molecule has 0 saturated heterocycles. The SMILES string of the molecule is O=C(C=Cc1ccc(OCc2ccccn2)cc1)OCc1ccc([N+](=O)[O-])cc1. The van der Waals surface area contributed by atoms with Crippen molar-refractivity contribution in [2.75, 3.05) is 0 Å². The van der Waals surface area contributed by atoms with E-state index in [1.54, 1.807) is 24.4 Å². The molecule has 7 heteroatoms. The molecule has 0 radical (unpaired) electrons. The van der Waals surface area contributed by atoms with E-state index in [1.165, 1.54) is 18.2 Å². The van der Waals surface area contributed by atoms with Crippen LogP contribution in [0.5, 0.6) is 5.75 Å². The number of benzene rings is 2. The van der Waals surface area contributed by atoms with Gasteiger partial charge in [-0.25, -0.2) is 4.79 Å². The van der Waals surface area contributed by atoms with E-state index >= 15 is 0 Å².